The van der Waals surface area contributed by atoms with Gasteiger partial charge in [-0.15, -0.1) is 0 Å². The van der Waals surface area contributed by atoms with Crippen LogP contribution in [0.25, 0.3) is 16.0 Å². The number of quaternary nitrogens is 1. The van der Waals surface area contributed by atoms with Crippen LogP contribution in [0.4, 0.5) is 0 Å². The van der Waals surface area contributed by atoms with Gasteiger partial charge in [-0.1, -0.05) is 0 Å². The molecule has 0 fully saturated rings. The molecule has 0 aliphatic heterocycles. The van der Waals surface area contributed by atoms with E-state index in [2.05, 4.69) is 0 Å². The maximum atomic E-state index is 8.89. The number of carboxylic acid groups (broad SMARTS) is 1. The molecular weight excluding hydrogens is 135 g/mol. The Morgan fingerprint density at radius 2 is 1.56 bits per heavy atom. The monoisotopic (exact) mass is 142 g/mol. The standard InChI is InChI=1S/C2H4O2.N3.H3N.Na/c1-2(3)4;1-3-2;;/h1H3,(H,3,4);;1H3;/q;-1;;+1. The Morgan fingerprint density at radius 3 is 1.56 bits per heavy atom. The third-order valence-corrected chi connectivity index (χ3v) is 0. The van der Waals surface area contributed by atoms with Gasteiger partial charge in [0.25, 0.3) is 0 Å². The van der Waals surface area contributed by atoms with Gasteiger partial charge in [-0.2, -0.15) is 0 Å². The second-order valence-corrected chi connectivity index (χ2v) is 0.581. The van der Waals surface area contributed by atoms with E-state index in [0.717, 1.165) is 6.92 Å². The van der Waals surface area contributed by atoms with Crippen LogP contribution in [-0.2, 0) is 4.79 Å². The molecule has 48 valence electrons. The average Bonchev–Trinajstić information content (AvgIpc) is 1.33. The minimum Gasteiger partial charge on any atom is -0.550 e. The zero-order chi connectivity index (χ0) is 6.28. The smallest absolute Gasteiger partial charge is 0.550 e. The van der Waals surface area contributed by atoms with E-state index in [0.29, 0.717) is 0 Å². The van der Waals surface area contributed by atoms with Crippen molar-refractivity contribution in [3.8, 4) is 0 Å². The van der Waals surface area contributed by atoms with Crippen LogP contribution in [0.2, 0.25) is 0 Å². The molecule has 0 saturated heterocycles. The fourth-order valence-corrected chi connectivity index (χ4v) is 0. The number of rotatable bonds is 0. The number of carboxylic acids is 1. The number of hydrogen-bond acceptors (Lipinski definition) is 2. The first kappa shape index (κ1) is 23.3. The Hall–Kier alpha value is -0.260. The molecule has 0 bridgehead atoms. The van der Waals surface area contributed by atoms with Gasteiger partial charge < -0.3 is 27.1 Å². The minimum atomic E-state index is -1.08. The molecule has 0 rings (SSSR count). The second kappa shape index (κ2) is 25.1. The van der Waals surface area contributed by atoms with Gasteiger partial charge >= 0.3 is 29.6 Å². The van der Waals surface area contributed by atoms with Crippen molar-refractivity contribution >= 4 is 5.97 Å². The molecule has 0 radical (unpaired) electrons. The van der Waals surface area contributed by atoms with Gasteiger partial charge in [-0.05, 0) is 6.92 Å². The number of hydrogen-bond donors (Lipinski definition) is 1. The number of nitrogens with zero attached hydrogens (tertiary/aromatic N) is 3. The molecule has 6 nitrogen and oxygen atoms in total. The fraction of sp³-hybridized carbons (Fsp3) is 0.500. The van der Waals surface area contributed by atoms with E-state index in [1.54, 1.807) is 0 Å². The maximum absolute atomic E-state index is 8.89. The zero-order valence-electron chi connectivity index (χ0n) is 5.66. The van der Waals surface area contributed by atoms with Crippen molar-refractivity contribution in [2.24, 2.45) is 0 Å². The van der Waals surface area contributed by atoms with E-state index in [1.807, 2.05) is 0 Å². The van der Waals surface area contributed by atoms with Crippen LogP contribution in [0.1, 0.15) is 6.92 Å². The van der Waals surface area contributed by atoms with Crippen LogP contribution in [0.5, 0.6) is 0 Å². The van der Waals surface area contributed by atoms with Gasteiger partial charge in [0.05, 0.1) is 0 Å². The topological polar surface area (TPSA) is 135 Å². The predicted octanol–water partition coefficient (Wildman–Crippen LogP) is -3.00. The van der Waals surface area contributed by atoms with E-state index in [9.17, 15) is 0 Å². The van der Waals surface area contributed by atoms with Crippen LogP contribution < -0.4 is 40.8 Å². The van der Waals surface area contributed by atoms with Gasteiger partial charge in [0.2, 0.25) is 0 Å². The van der Waals surface area contributed by atoms with Gasteiger partial charge in [0.15, 0.2) is 0 Å². The molecule has 7 heteroatoms. The Balaban J connectivity index is -0.0000000233. The zero-order valence-corrected chi connectivity index (χ0v) is 7.66. The summed E-state index contributed by atoms with van der Waals surface area (Å²) < 4.78 is 0. The number of carbonyl (C=O) groups is 1. The maximum Gasteiger partial charge on any atom is 1.00 e. The van der Waals surface area contributed by atoms with E-state index in [-0.39, 0.29) is 35.7 Å². The summed E-state index contributed by atoms with van der Waals surface area (Å²) in [6.45, 7) is 0.972. The van der Waals surface area contributed by atoms with E-state index >= 15 is 0 Å². The van der Waals surface area contributed by atoms with Gasteiger partial charge in [-0.3, -0.25) is 4.91 Å². The third-order valence-electron chi connectivity index (χ3n) is 0. The average molecular weight is 142 g/mol. The first-order valence-corrected chi connectivity index (χ1v) is 1.31. The summed E-state index contributed by atoms with van der Waals surface area (Å²) in [6, 6.07) is 0. The molecule has 0 saturated carbocycles. The second-order valence-electron chi connectivity index (χ2n) is 0.581. The van der Waals surface area contributed by atoms with Crippen molar-refractivity contribution in [2.75, 3.05) is 0 Å². The summed E-state index contributed by atoms with van der Waals surface area (Å²) in [5, 5.41) is 8.89. The Labute approximate surface area is 74.5 Å². The largest absolute Gasteiger partial charge is 1.00 e. The summed E-state index contributed by atoms with van der Waals surface area (Å²) in [6.07, 6.45) is 0. The first-order chi connectivity index (χ1) is 3.15. The van der Waals surface area contributed by atoms with Crippen molar-refractivity contribution in [1.82, 2.24) is 6.15 Å². The molecule has 0 aromatic heterocycles. The first-order valence-electron chi connectivity index (χ1n) is 1.31. The normalized spacial score (nSPS) is 3.67. The van der Waals surface area contributed by atoms with Crippen molar-refractivity contribution in [3.05, 3.63) is 16.0 Å². The molecule has 0 aliphatic rings. The molecule has 0 amide bonds. The summed E-state index contributed by atoms with van der Waals surface area (Å²) in [7, 11) is 0. The van der Waals surface area contributed by atoms with Gasteiger partial charge in [-0.25, -0.2) is 0 Å². The van der Waals surface area contributed by atoms with E-state index < -0.39 is 5.97 Å². The Bertz CT molecular complexity index is 84.6. The van der Waals surface area contributed by atoms with Crippen LogP contribution >= 0.6 is 0 Å². The molecule has 9 heavy (non-hydrogen) atoms. The van der Waals surface area contributed by atoms with Crippen LogP contribution in [0.15, 0.2) is 0 Å². The summed E-state index contributed by atoms with van der Waals surface area (Å²) >= 11 is 0. The molecular formula is C2H7N4NaO2. The molecule has 0 heterocycles. The molecule has 0 atom stereocenters. The molecule has 0 aromatic carbocycles. The summed E-state index contributed by atoms with van der Waals surface area (Å²) in [4.78, 5) is 10.4. The quantitative estimate of drug-likeness (QED) is 0.167. The van der Waals surface area contributed by atoms with Crippen molar-refractivity contribution < 1.29 is 39.5 Å². The van der Waals surface area contributed by atoms with Gasteiger partial charge in [0, 0.05) is 5.97 Å². The predicted molar refractivity (Wildman–Crippen MR) is 26.7 cm³/mol. The molecule has 0 aliphatic carbocycles. The van der Waals surface area contributed by atoms with Crippen LogP contribution in [0, 0.1) is 0 Å². The Morgan fingerprint density at radius 1 is 1.56 bits per heavy atom. The van der Waals surface area contributed by atoms with Crippen molar-refractivity contribution in [1.29, 1.82) is 0 Å². The number of carbonyl (C=O) groups excluding carboxylic acids is 1. The minimum absolute atomic E-state index is 0. The van der Waals surface area contributed by atoms with E-state index in [4.69, 9.17) is 21.0 Å². The van der Waals surface area contributed by atoms with Gasteiger partial charge in [0.1, 0.15) is 0 Å². The SMILES string of the molecule is CC(=O)[O-].[N-]=[N+]=[N-].[NH4+].[Na+]. The molecule has 0 spiro atoms. The van der Waals surface area contributed by atoms with Crippen LogP contribution in [0.3, 0.4) is 0 Å². The fourth-order valence-electron chi connectivity index (χ4n) is 0. The molecule has 0 unspecified atom stereocenters. The van der Waals surface area contributed by atoms with Crippen molar-refractivity contribution in [2.45, 2.75) is 6.92 Å². The summed E-state index contributed by atoms with van der Waals surface area (Å²) in [5.41, 5.74) is 13.5. The Kier molecular flexibility index (Phi) is 65.1. The van der Waals surface area contributed by atoms with Crippen LogP contribution in [-0.4, -0.2) is 5.97 Å². The van der Waals surface area contributed by atoms with E-state index in [1.165, 1.54) is 4.91 Å². The molecule has 0 aromatic rings. The summed E-state index contributed by atoms with van der Waals surface area (Å²) in [5.74, 6) is -1.08. The molecule has 4 N–H and O–H groups in total. The van der Waals surface area contributed by atoms with Crippen molar-refractivity contribution in [3.63, 3.8) is 0 Å². The number of aliphatic carboxylic acids is 1. The third kappa shape index (κ3) is 3770.